The highest BCUT2D eigenvalue weighted by atomic mass is 16.5. The van der Waals surface area contributed by atoms with Crippen molar-refractivity contribution in [3.8, 4) is 5.69 Å². The van der Waals surface area contributed by atoms with Crippen LogP contribution >= 0.6 is 0 Å². The Labute approximate surface area is 110 Å². The fraction of sp³-hybridized carbons (Fsp3) is 0.214. The van der Waals surface area contributed by atoms with Crippen molar-refractivity contribution >= 4 is 5.97 Å². The standard InChI is InChI=1S/C14H14N2O3/c1-9-5-4-6-11(10(9)2)16-8-7-12(17)13(15-16)14(18)19-3/h4-8H,1-3H3. The van der Waals surface area contributed by atoms with Gasteiger partial charge in [0.25, 0.3) is 0 Å². The topological polar surface area (TPSA) is 61.2 Å². The molecule has 0 N–H and O–H groups in total. The number of aryl methyl sites for hydroxylation is 1. The fourth-order valence-electron chi connectivity index (χ4n) is 1.76. The first-order chi connectivity index (χ1) is 9.04. The maximum Gasteiger partial charge on any atom is 0.362 e. The Hall–Kier alpha value is -2.43. The molecular formula is C14H14N2O3. The van der Waals surface area contributed by atoms with Crippen LogP contribution in [0.25, 0.3) is 5.69 Å². The first kappa shape index (κ1) is 13.0. The lowest BCUT2D eigenvalue weighted by Crippen LogP contribution is -2.21. The minimum atomic E-state index is -0.732. The molecule has 0 spiro atoms. The zero-order valence-electron chi connectivity index (χ0n) is 11.0. The maximum absolute atomic E-state index is 11.6. The highest BCUT2D eigenvalue weighted by molar-refractivity contribution is 5.86. The molecule has 0 saturated carbocycles. The second-order valence-electron chi connectivity index (χ2n) is 4.18. The molecule has 5 nitrogen and oxygen atoms in total. The largest absolute Gasteiger partial charge is 0.464 e. The summed E-state index contributed by atoms with van der Waals surface area (Å²) in [4.78, 5) is 23.0. The van der Waals surface area contributed by atoms with Gasteiger partial charge in [-0.3, -0.25) is 4.79 Å². The second-order valence-corrected chi connectivity index (χ2v) is 4.18. The average Bonchev–Trinajstić information content (AvgIpc) is 2.42. The van der Waals surface area contributed by atoms with E-state index in [0.717, 1.165) is 16.8 Å². The summed E-state index contributed by atoms with van der Waals surface area (Å²) in [6.45, 7) is 3.95. The molecule has 0 saturated heterocycles. The van der Waals surface area contributed by atoms with Crippen LogP contribution in [0.15, 0.2) is 35.3 Å². The van der Waals surface area contributed by atoms with E-state index < -0.39 is 11.4 Å². The number of carbonyl (C=O) groups is 1. The summed E-state index contributed by atoms with van der Waals surface area (Å²) in [5, 5.41) is 4.04. The Morgan fingerprint density at radius 3 is 2.68 bits per heavy atom. The predicted molar refractivity (Wildman–Crippen MR) is 70.6 cm³/mol. The van der Waals surface area contributed by atoms with Crippen LogP contribution in [0.3, 0.4) is 0 Å². The lowest BCUT2D eigenvalue weighted by Gasteiger charge is -2.11. The molecule has 0 amide bonds. The number of ether oxygens (including phenoxy) is 1. The zero-order chi connectivity index (χ0) is 14.0. The summed E-state index contributed by atoms with van der Waals surface area (Å²) in [7, 11) is 1.22. The van der Waals surface area contributed by atoms with Crippen molar-refractivity contribution < 1.29 is 9.53 Å². The molecule has 98 valence electrons. The summed E-state index contributed by atoms with van der Waals surface area (Å²) in [5.74, 6) is -0.732. The van der Waals surface area contributed by atoms with Crippen LogP contribution in [0.4, 0.5) is 0 Å². The number of carbonyl (C=O) groups excluding carboxylic acids is 1. The van der Waals surface area contributed by atoms with Crippen LogP contribution in [-0.4, -0.2) is 22.9 Å². The van der Waals surface area contributed by atoms with Crippen molar-refractivity contribution in [2.75, 3.05) is 7.11 Å². The molecule has 1 heterocycles. The molecule has 5 heteroatoms. The van der Waals surface area contributed by atoms with Gasteiger partial charge in [-0.1, -0.05) is 12.1 Å². The van der Waals surface area contributed by atoms with Gasteiger partial charge >= 0.3 is 5.97 Å². The summed E-state index contributed by atoms with van der Waals surface area (Å²) in [6, 6.07) is 7.07. The van der Waals surface area contributed by atoms with E-state index in [1.54, 1.807) is 0 Å². The zero-order valence-corrected chi connectivity index (χ0v) is 11.0. The minimum Gasteiger partial charge on any atom is -0.464 e. The van der Waals surface area contributed by atoms with Crippen LogP contribution in [0.2, 0.25) is 0 Å². The minimum absolute atomic E-state index is 0.217. The normalized spacial score (nSPS) is 10.3. The van der Waals surface area contributed by atoms with E-state index >= 15 is 0 Å². The number of hydrogen-bond donors (Lipinski definition) is 0. The Morgan fingerprint density at radius 1 is 1.26 bits per heavy atom. The average molecular weight is 258 g/mol. The van der Waals surface area contributed by atoms with E-state index in [4.69, 9.17) is 0 Å². The maximum atomic E-state index is 11.6. The third kappa shape index (κ3) is 2.40. The van der Waals surface area contributed by atoms with Crippen LogP contribution in [0, 0.1) is 13.8 Å². The van der Waals surface area contributed by atoms with Crippen LogP contribution in [-0.2, 0) is 4.74 Å². The van der Waals surface area contributed by atoms with Gasteiger partial charge in [0, 0.05) is 12.3 Å². The lowest BCUT2D eigenvalue weighted by molar-refractivity contribution is 0.0590. The third-order valence-corrected chi connectivity index (χ3v) is 3.01. The molecule has 0 aliphatic rings. The molecule has 0 unspecified atom stereocenters. The van der Waals surface area contributed by atoms with Gasteiger partial charge in [-0.05, 0) is 31.0 Å². The van der Waals surface area contributed by atoms with Crippen molar-refractivity contribution in [3.05, 3.63) is 57.5 Å². The van der Waals surface area contributed by atoms with Crippen molar-refractivity contribution in [2.45, 2.75) is 13.8 Å². The summed E-state index contributed by atoms with van der Waals surface area (Å²) in [5.41, 5.74) is 2.30. The fourth-order valence-corrected chi connectivity index (χ4v) is 1.76. The van der Waals surface area contributed by atoms with E-state index in [0.29, 0.717) is 0 Å². The van der Waals surface area contributed by atoms with Gasteiger partial charge in [-0.15, -0.1) is 0 Å². The summed E-state index contributed by atoms with van der Waals surface area (Å²) in [6.07, 6.45) is 1.54. The molecule has 0 fully saturated rings. The Bertz CT molecular complexity index is 689. The van der Waals surface area contributed by atoms with Gasteiger partial charge in [0.15, 0.2) is 0 Å². The highest BCUT2D eigenvalue weighted by Gasteiger charge is 2.14. The molecule has 19 heavy (non-hydrogen) atoms. The molecule has 2 rings (SSSR count). The predicted octanol–water partition coefficient (Wildman–Crippen LogP) is 1.64. The molecule has 0 aliphatic heterocycles. The first-order valence-corrected chi connectivity index (χ1v) is 5.79. The van der Waals surface area contributed by atoms with Crippen LogP contribution < -0.4 is 5.43 Å². The van der Waals surface area contributed by atoms with Gasteiger partial charge in [0.2, 0.25) is 11.1 Å². The van der Waals surface area contributed by atoms with Crippen molar-refractivity contribution in [1.29, 1.82) is 0 Å². The molecular weight excluding hydrogens is 244 g/mol. The van der Waals surface area contributed by atoms with E-state index in [1.807, 2.05) is 32.0 Å². The molecule has 0 radical (unpaired) electrons. The van der Waals surface area contributed by atoms with Gasteiger partial charge in [0.1, 0.15) is 0 Å². The van der Waals surface area contributed by atoms with Gasteiger partial charge in [0.05, 0.1) is 12.8 Å². The second kappa shape index (κ2) is 5.06. The first-order valence-electron chi connectivity index (χ1n) is 5.79. The molecule has 1 aromatic heterocycles. The molecule has 0 atom stereocenters. The Kier molecular flexibility index (Phi) is 3.46. The molecule has 0 aliphatic carbocycles. The smallest absolute Gasteiger partial charge is 0.362 e. The van der Waals surface area contributed by atoms with Crippen molar-refractivity contribution in [2.24, 2.45) is 0 Å². The van der Waals surface area contributed by atoms with Crippen LogP contribution in [0.5, 0.6) is 0 Å². The molecule has 1 aromatic carbocycles. The Morgan fingerprint density at radius 2 is 2.00 bits per heavy atom. The number of hydrogen-bond acceptors (Lipinski definition) is 4. The SMILES string of the molecule is COC(=O)c1nn(-c2cccc(C)c2C)ccc1=O. The van der Waals surface area contributed by atoms with E-state index in [-0.39, 0.29) is 5.69 Å². The molecule has 0 bridgehead atoms. The summed E-state index contributed by atoms with van der Waals surface area (Å²) >= 11 is 0. The Balaban J connectivity index is 2.61. The third-order valence-electron chi connectivity index (χ3n) is 3.01. The lowest BCUT2D eigenvalue weighted by atomic mass is 10.1. The highest BCUT2D eigenvalue weighted by Crippen LogP contribution is 2.15. The number of benzene rings is 1. The number of methoxy groups -OCH3 is 1. The van der Waals surface area contributed by atoms with Gasteiger partial charge in [-0.25, -0.2) is 9.48 Å². The summed E-state index contributed by atoms with van der Waals surface area (Å²) < 4.78 is 6.06. The van der Waals surface area contributed by atoms with Crippen molar-refractivity contribution in [1.82, 2.24) is 9.78 Å². The quantitative estimate of drug-likeness (QED) is 0.768. The van der Waals surface area contributed by atoms with E-state index in [2.05, 4.69) is 9.84 Å². The number of esters is 1. The van der Waals surface area contributed by atoms with Crippen LogP contribution in [0.1, 0.15) is 21.6 Å². The van der Waals surface area contributed by atoms with Gasteiger partial charge in [-0.2, -0.15) is 5.10 Å². The van der Waals surface area contributed by atoms with E-state index in [9.17, 15) is 9.59 Å². The van der Waals surface area contributed by atoms with E-state index in [1.165, 1.54) is 24.1 Å². The monoisotopic (exact) mass is 258 g/mol. The number of rotatable bonds is 2. The number of aromatic nitrogens is 2. The molecule has 2 aromatic rings. The van der Waals surface area contributed by atoms with Crippen molar-refractivity contribution in [3.63, 3.8) is 0 Å². The van der Waals surface area contributed by atoms with Gasteiger partial charge < -0.3 is 4.74 Å². The number of nitrogens with zero attached hydrogens (tertiary/aromatic N) is 2.